The maximum atomic E-state index is 12.2. The molecule has 0 aliphatic carbocycles. The number of carbonyl (C=O) groups excluding carboxylic acids is 1. The van der Waals surface area contributed by atoms with Crippen molar-refractivity contribution in [3.63, 3.8) is 0 Å². The van der Waals surface area contributed by atoms with Crippen LogP contribution in [0.15, 0.2) is 9.59 Å². The highest BCUT2D eigenvalue weighted by atomic mass is 16.5. The van der Waals surface area contributed by atoms with Gasteiger partial charge in [0, 0.05) is 32.2 Å². The topological polar surface area (TPSA) is 79.0 Å². The van der Waals surface area contributed by atoms with Gasteiger partial charge in [-0.2, -0.15) is 0 Å². The minimum absolute atomic E-state index is 0.212. The van der Waals surface area contributed by atoms with E-state index in [1.807, 2.05) is 4.90 Å². The fourth-order valence-corrected chi connectivity index (χ4v) is 4.62. The van der Waals surface area contributed by atoms with Crippen LogP contribution >= 0.6 is 0 Å². The fourth-order valence-electron chi connectivity index (χ4n) is 4.62. The minimum atomic E-state index is -0.434. The Kier molecular flexibility index (Phi) is 7.10. The van der Waals surface area contributed by atoms with Crippen molar-refractivity contribution >= 4 is 17.3 Å². The van der Waals surface area contributed by atoms with Crippen LogP contribution in [0, 0.1) is 5.92 Å². The molecule has 28 heavy (non-hydrogen) atoms. The third-order valence-electron chi connectivity index (χ3n) is 6.16. The lowest BCUT2D eigenvalue weighted by molar-refractivity contribution is -0.148. The second-order valence-electron chi connectivity index (χ2n) is 7.94. The quantitative estimate of drug-likeness (QED) is 0.534. The molecule has 2 fully saturated rings. The van der Waals surface area contributed by atoms with Crippen molar-refractivity contribution in [3.8, 4) is 0 Å². The summed E-state index contributed by atoms with van der Waals surface area (Å²) in [6, 6.07) is 0.621. The van der Waals surface area contributed by atoms with Gasteiger partial charge in [0.05, 0.1) is 12.5 Å². The Morgan fingerprint density at radius 3 is 2.68 bits per heavy atom. The van der Waals surface area contributed by atoms with E-state index in [0.29, 0.717) is 43.7 Å². The molecule has 2 aliphatic rings. The molecule has 1 N–H and O–H groups in total. The summed E-state index contributed by atoms with van der Waals surface area (Å²) in [5, 5.41) is 3.22. The van der Waals surface area contributed by atoms with Crippen LogP contribution in [0.1, 0.15) is 52.4 Å². The van der Waals surface area contributed by atoms with Crippen LogP contribution in [0.3, 0.4) is 0 Å². The summed E-state index contributed by atoms with van der Waals surface area (Å²) in [4.78, 5) is 40.8. The number of nitrogens with zero attached hydrogens (tertiary/aromatic N) is 2. The molecule has 2 saturated heterocycles. The monoisotopic (exact) mass is 391 g/mol. The molecule has 3 rings (SSSR count). The Bertz CT molecular complexity index is 740. The highest BCUT2D eigenvalue weighted by Crippen LogP contribution is 2.27. The Labute approximate surface area is 166 Å². The predicted octanol–water partition coefficient (Wildman–Crippen LogP) is 1.74. The average molecular weight is 392 g/mol. The first kappa shape index (κ1) is 20.8. The van der Waals surface area contributed by atoms with Crippen molar-refractivity contribution in [2.45, 2.75) is 58.4 Å². The fraction of sp³-hybridized carbons (Fsp3) is 0.762. The Morgan fingerprint density at radius 2 is 1.93 bits per heavy atom. The van der Waals surface area contributed by atoms with Gasteiger partial charge in [0.15, 0.2) is 0 Å². The van der Waals surface area contributed by atoms with Gasteiger partial charge in [-0.25, -0.2) is 0 Å². The molecule has 0 radical (unpaired) electrons. The number of piperidine rings is 2. The first-order valence-corrected chi connectivity index (χ1v) is 10.8. The van der Waals surface area contributed by atoms with Crippen LogP contribution in [0.4, 0.5) is 11.4 Å². The van der Waals surface area contributed by atoms with Gasteiger partial charge in [-0.15, -0.1) is 0 Å². The van der Waals surface area contributed by atoms with Crippen molar-refractivity contribution in [2.24, 2.45) is 5.92 Å². The molecule has 7 nitrogen and oxygen atoms in total. The summed E-state index contributed by atoms with van der Waals surface area (Å²) in [5.41, 5.74) is 0.0274. The molecule has 1 aromatic carbocycles. The zero-order valence-electron chi connectivity index (χ0n) is 17.2. The molecule has 2 atom stereocenters. The van der Waals surface area contributed by atoms with E-state index in [1.54, 1.807) is 6.92 Å². The minimum Gasteiger partial charge on any atom is -0.466 e. The van der Waals surface area contributed by atoms with Crippen LogP contribution in [-0.2, 0) is 9.53 Å². The normalized spacial score (nSPS) is 23.7. The number of hydrogen-bond donors (Lipinski definition) is 1. The molecule has 0 bridgehead atoms. The maximum Gasteiger partial charge on any atom is 0.310 e. The summed E-state index contributed by atoms with van der Waals surface area (Å²) in [6.07, 6.45) is 6.49. The molecule has 0 spiro atoms. The molecule has 0 amide bonds. The number of rotatable bonds is 8. The van der Waals surface area contributed by atoms with Crippen LogP contribution in [-0.4, -0.2) is 56.2 Å². The summed E-state index contributed by atoms with van der Waals surface area (Å²) in [5.74, 6) is -0.444. The van der Waals surface area contributed by atoms with E-state index in [4.69, 9.17) is 4.74 Å². The molecule has 1 aromatic rings. The van der Waals surface area contributed by atoms with Crippen molar-refractivity contribution in [3.05, 3.63) is 20.4 Å². The molecule has 7 heteroatoms. The predicted molar refractivity (Wildman–Crippen MR) is 111 cm³/mol. The van der Waals surface area contributed by atoms with Crippen LogP contribution in [0.2, 0.25) is 0 Å². The van der Waals surface area contributed by atoms with E-state index >= 15 is 0 Å². The summed E-state index contributed by atoms with van der Waals surface area (Å²) in [7, 11) is 0. The number of ether oxygens (including phenoxy) is 1. The summed E-state index contributed by atoms with van der Waals surface area (Å²) < 4.78 is 5.13. The van der Waals surface area contributed by atoms with E-state index in [1.165, 1.54) is 19.3 Å². The van der Waals surface area contributed by atoms with Crippen LogP contribution < -0.4 is 21.1 Å². The van der Waals surface area contributed by atoms with Crippen LogP contribution in [0.5, 0.6) is 0 Å². The SMILES string of the molecule is CCOC(=O)[C@H]1CCCN(c2c(NCCN3CCCC[C@@H]3CC)c(=O)c2=O)C1. The first-order chi connectivity index (χ1) is 13.6. The van der Waals surface area contributed by atoms with Crippen molar-refractivity contribution in [1.29, 1.82) is 0 Å². The number of carbonyl (C=O) groups is 1. The van der Waals surface area contributed by atoms with E-state index in [9.17, 15) is 14.4 Å². The average Bonchev–Trinajstić information content (AvgIpc) is 2.73. The molecule has 0 aromatic heterocycles. The van der Waals surface area contributed by atoms with E-state index in [0.717, 1.165) is 32.4 Å². The highest BCUT2D eigenvalue weighted by Gasteiger charge is 2.33. The smallest absolute Gasteiger partial charge is 0.310 e. The molecule has 2 heterocycles. The van der Waals surface area contributed by atoms with Gasteiger partial charge < -0.3 is 15.0 Å². The van der Waals surface area contributed by atoms with Gasteiger partial charge in [-0.05, 0) is 45.6 Å². The molecular formula is C21H33N3O4. The van der Waals surface area contributed by atoms with Gasteiger partial charge in [0.2, 0.25) is 0 Å². The number of likely N-dealkylation sites (tertiary alicyclic amines) is 1. The molecule has 156 valence electrons. The van der Waals surface area contributed by atoms with Crippen molar-refractivity contribution < 1.29 is 9.53 Å². The van der Waals surface area contributed by atoms with Gasteiger partial charge in [-0.3, -0.25) is 19.3 Å². The lowest BCUT2D eigenvalue weighted by Crippen LogP contribution is -2.48. The Hall–Kier alpha value is -1.89. The molecule has 0 unspecified atom stereocenters. The van der Waals surface area contributed by atoms with Gasteiger partial charge >= 0.3 is 5.97 Å². The van der Waals surface area contributed by atoms with E-state index < -0.39 is 10.9 Å². The van der Waals surface area contributed by atoms with E-state index in [2.05, 4.69) is 17.1 Å². The van der Waals surface area contributed by atoms with Gasteiger partial charge in [0.25, 0.3) is 10.9 Å². The Balaban J connectivity index is 1.60. The molecular weight excluding hydrogens is 358 g/mol. The zero-order chi connectivity index (χ0) is 20.1. The first-order valence-electron chi connectivity index (χ1n) is 10.8. The molecule has 0 saturated carbocycles. The number of hydrogen-bond acceptors (Lipinski definition) is 7. The highest BCUT2D eigenvalue weighted by molar-refractivity contribution is 5.78. The zero-order valence-corrected chi connectivity index (χ0v) is 17.2. The largest absolute Gasteiger partial charge is 0.466 e. The standard InChI is InChI=1S/C21H33N3O4/c1-3-16-9-5-6-11-23(16)13-10-22-17-18(20(26)19(17)25)24-12-7-8-15(14-24)21(27)28-4-2/h15-16,22H,3-14H2,1-2H3/t15-,16-/m0/s1. The van der Waals surface area contributed by atoms with Crippen molar-refractivity contribution in [2.75, 3.05) is 49.5 Å². The third-order valence-corrected chi connectivity index (χ3v) is 6.16. The van der Waals surface area contributed by atoms with E-state index in [-0.39, 0.29) is 11.9 Å². The second-order valence-corrected chi connectivity index (χ2v) is 7.94. The lowest BCUT2D eigenvalue weighted by atomic mass is 9.96. The summed E-state index contributed by atoms with van der Waals surface area (Å²) in [6.45, 7) is 8.15. The molecule has 2 aliphatic heterocycles. The second kappa shape index (κ2) is 9.54. The summed E-state index contributed by atoms with van der Waals surface area (Å²) >= 11 is 0. The number of nitrogens with one attached hydrogen (secondary N) is 1. The Morgan fingerprint density at radius 1 is 1.11 bits per heavy atom. The number of anilines is 2. The van der Waals surface area contributed by atoms with Crippen LogP contribution in [0.25, 0.3) is 0 Å². The van der Waals surface area contributed by atoms with Crippen molar-refractivity contribution in [1.82, 2.24) is 4.90 Å². The maximum absolute atomic E-state index is 12.2. The third kappa shape index (κ3) is 4.40. The van der Waals surface area contributed by atoms with Gasteiger partial charge in [-0.1, -0.05) is 13.3 Å². The van der Waals surface area contributed by atoms with Gasteiger partial charge in [0.1, 0.15) is 11.4 Å². The number of esters is 1. The lowest BCUT2D eigenvalue weighted by Gasteiger charge is -2.36.